The highest BCUT2D eigenvalue weighted by molar-refractivity contribution is 5.82. The molecule has 0 fully saturated rings. The molecule has 0 spiro atoms. The Kier molecular flexibility index (Phi) is 3.30. The van der Waals surface area contributed by atoms with E-state index in [0.717, 1.165) is 37.6 Å². The van der Waals surface area contributed by atoms with Gasteiger partial charge in [0.25, 0.3) is 0 Å². The molecule has 0 atom stereocenters. The Morgan fingerprint density at radius 1 is 1.35 bits per heavy atom. The van der Waals surface area contributed by atoms with Crippen molar-refractivity contribution in [3.05, 3.63) is 34.6 Å². The first kappa shape index (κ1) is 13.2. The molecule has 0 bridgehead atoms. The Balaban J connectivity index is 2.02. The largest absolute Gasteiger partial charge is 0.352 e. The van der Waals surface area contributed by atoms with Crippen LogP contribution in [0.15, 0.2) is 39.6 Å². The fourth-order valence-electron chi connectivity index (χ4n) is 2.92. The second kappa shape index (κ2) is 4.98. The molecule has 3 aliphatic heterocycles. The van der Waals surface area contributed by atoms with Gasteiger partial charge in [0.15, 0.2) is 0 Å². The fraction of sp³-hybridized carbons (Fsp3) is 0.533. The molecule has 108 valence electrons. The van der Waals surface area contributed by atoms with E-state index in [9.17, 15) is 0 Å². The minimum Gasteiger partial charge on any atom is -0.352 e. The van der Waals surface area contributed by atoms with E-state index in [1.54, 1.807) is 7.11 Å². The molecule has 3 rings (SSSR count). The number of hydroxylamine groups is 2. The molecule has 3 aliphatic rings. The third-order valence-electron chi connectivity index (χ3n) is 4.11. The van der Waals surface area contributed by atoms with Crippen LogP contribution in [-0.4, -0.2) is 47.9 Å². The zero-order valence-corrected chi connectivity index (χ0v) is 12.7. The highest BCUT2D eigenvalue weighted by Crippen LogP contribution is 2.36. The lowest BCUT2D eigenvalue weighted by molar-refractivity contribution is -0.0971. The first-order chi connectivity index (χ1) is 9.65. The van der Waals surface area contributed by atoms with E-state index in [4.69, 9.17) is 4.84 Å². The molecule has 0 radical (unpaired) electrons. The molecule has 5 nitrogen and oxygen atoms in total. The highest BCUT2D eigenvalue weighted by atomic mass is 16.7. The topological polar surface area (TPSA) is 31.3 Å². The van der Waals surface area contributed by atoms with Crippen LogP contribution in [-0.2, 0) is 4.84 Å². The summed E-state index contributed by atoms with van der Waals surface area (Å²) >= 11 is 0. The van der Waals surface area contributed by atoms with Crippen LogP contribution in [0.25, 0.3) is 0 Å². The Labute approximate surface area is 120 Å². The maximum absolute atomic E-state index is 5.33. The summed E-state index contributed by atoms with van der Waals surface area (Å²) in [7, 11) is 1.70. The number of hydrogen-bond acceptors (Lipinski definition) is 5. The van der Waals surface area contributed by atoms with Crippen LogP contribution in [0.3, 0.4) is 0 Å². The predicted molar refractivity (Wildman–Crippen MR) is 79.4 cm³/mol. The van der Waals surface area contributed by atoms with Crippen LogP contribution in [0.5, 0.6) is 0 Å². The molecule has 0 saturated heterocycles. The SMILES string of the molecule is CCCN1CC(C)=C(C)C2=C1N1CN(OC)C=C1C=N2. The fourth-order valence-corrected chi connectivity index (χ4v) is 2.92. The van der Waals surface area contributed by atoms with Crippen molar-refractivity contribution in [1.82, 2.24) is 14.9 Å². The van der Waals surface area contributed by atoms with Crippen LogP contribution in [0.1, 0.15) is 27.2 Å². The van der Waals surface area contributed by atoms with Crippen molar-refractivity contribution in [2.24, 2.45) is 4.99 Å². The Morgan fingerprint density at radius 3 is 2.85 bits per heavy atom. The number of allylic oxidation sites excluding steroid dienone is 2. The summed E-state index contributed by atoms with van der Waals surface area (Å²) < 4.78 is 0. The molecule has 0 aromatic heterocycles. The highest BCUT2D eigenvalue weighted by Gasteiger charge is 2.34. The van der Waals surface area contributed by atoms with Gasteiger partial charge < -0.3 is 9.80 Å². The van der Waals surface area contributed by atoms with Crippen molar-refractivity contribution in [3.63, 3.8) is 0 Å². The monoisotopic (exact) mass is 274 g/mol. The van der Waals surface area contributed by atoms with E-state index in [2.05, 4.69) is 35.6 Å². The minimum atomic E-state index is 0.725. The number of aliphatic imine (C=N–C) groups is 1. The van der Waals surface area contributed by atoms with Gasteiger partial charge >= 0.3 is 0 Å². The first-order valence-electron chi connectivity index (χ1n) is 7.15. The number of hydrogen-bond donors (Lipinski definition) is 0. The molecule has 0 aliphatic carbocycles. The summed E-state index contributed by atoms with van der Waals surface area (Å²) in [6.45, 7) is 9.36. The van der Waals surface area contributed by atoms with Gasteiger partial charge in [0.2, 0.25) is 0 Å². The summed E-state index contributed by atoms with van der Waals surface area (Å²) in [6, 6.07) is 0. The Bertz CT molecular complexity index is 544. The van der Waals surface area contributed by atoms with E-state index in [0.29, 0.717) is 0 Å². The normalized spacial score (nSPS) is 21.6. The first-order valence-corrected chi connectivity index (χ1v) is 7.15. The quantitative estimate of drug-likeness (QED) is 0.790. The maximum atomic E-state index is 5.33. The molecular weight excluding hydrogens is 252 g/mol. The van der Waals surface area contributed by atoms with E-state index in [-0.39, 0.29) is 0 Å². The van der Waals surface area contributed by atoms with E-state index >= 15 is 0 Å². The summed E-state index contributed by atoms with van der Waals surface area (Å²) in [5.74, 6) is 1.23. The maximum Gasteiger partial charge on any atom is 0.137 e. The molecular formula is C15H22N4O. The summed E-state index contributed by atoms with van der Waals surface area (Å²) in [5.41, 5.74) is 4.92. The predicted octanol–water partition coefficient (Wildman–Crippen LogP) is 2.28. The zero-order chi connectivity index (χ0) is 14.3. The standard InChI is InChI=1S/C15H22N4O/c1-5-6-17-8-11(2)12(3)14-15(17)19-10-18(20-4)9-13(19)7-16-14/h7,9H,5-6,8,10H2,1-4H3. The number of fused-ring (bicyclic) bond motifs is 2. The van der Waals surface area contributed by atoms with Gasteiger partial charge in [-0.2, -0.15) is 0 Å². The lowest BCUT2D eigenvalue weighted by Crippen LogP contribution is -2.42. The molecule has 3 heterocycles. The van der Waals surface area contributed by atoms with Gasteiger partial charge in [-0.25, -0.2) is 5.06 Å². The Hall–Kier alpha value is -1.75. The van der Waals surface area contributed by atoms with Gasteiger partial charge in [-0.1, -0.05) is 6.92 Å². The molecule has 20 heavy (non-hydrogen) atoms. The van der Waals surface area contributed by atoms with E-state index in [1.807, 2.05) is 17.5 Å². The molecule has 0 amide bonds. The average molecular weight is 274 g/mol. The van der Waals surface area contributed by atoms with Crippen molar-refractivity contribution in [2.75, 3.05) is 26.9 Å². The van der Waals surface area contributed by atoms with Crippen LogP contribution < -0.4 is 0 Å². The second-order valence-electron chi connectivity index (χ2n) is 5.48. The van der Waals surface area contributed by atoms with Crippen molar-refractivity contribution >= 4 is 6.21 Å². The smallest absolute Gasteiger partial charge is 0.137 e. The van der Waals surface area contributed by atoms with Crippen LogP contribution in [0.4, 0.5) is 0 Å². The van der Waals surface area contributed by atoms with Gasteiger partial charge in [0, 0.05) is 13.1 Å². The Morgan fingerprint density at radius 2 is 2.15 bits per heavy atom. The molecule has 0 saturated carbocycles. The van der Waals surface area contributed by atoms with Crippen LogP contribution in [0, 0.1) is 0 Å². The summed E-state index contributed by atoms with van der Waals surface area (Å²) in [5, 5.41) is 1.84. The van der Waals surface area contributed by atoms with E-state index in [1.165, 1.54) is 17.0 Å². The van der Waals surface area contributed by atoms with Gasteiger partial charge in [-0.3, -0.25) is 9.83 Å². The van der Waals surface area contributed by atoms with E-state index < -0.39 is 0 Å². The number of rotatable bonds is 3. The van der Waals surface area contributed by atoms with Crippen molar-refractivity contribution in [1.29, 1.82) is 0 Å². The van der Waals surface area contributed by atoms with Crippen molar-refractivity contribution in [3.8, 4) is 0 Å². The van der Waals surface area contributed by atoms with Crippen LogP contribution >= 0.6 is 0 Å². The second-order valence-corrected chi connectivity index (χ2v) is 5.48. The lowest BCUT2D eigenvalue weighted by Gasteiger charge is -2.40. The summed E-state index contributed by atoms with van der Waals surface area (Å²) in [4.78, 5) is 14.7. The minimum absolute atomic E-state index is 0.725. The molecule has 0 unspecified atom stereocenters. The molecule has 0 N–H and O–H groups in total. The lowest BCUT2D eigenvalue weighted by atomic mass is 10.0. The zero-order valence-electron chi connectivity index (χ0n) is 12.7. The van der Waals surface area contributed by atoms with Gasteiger partial charge in [-0.15, -0.1) is 0 Å². The molecule has 5 heteroatoms. The summed E-state index contributed by atoms with van der Waals surface area (Å²) in [6.07, 6.45) is 5.07. The third kappa shape index (κ3) is 1.93. The van der Waals surface area contributed by atoms with Gasteiger partial charge in [0.05, 0.1) is 25.2 Å². The molecule has 0 aromatic rings. The van der Waals surface area contributed by atoms with Gasteiger partial charge in [0.1, 0.15) is 18.2 Å². The molecule has 0 aromatic carbocycles. The van der Waals surface area contributed by atoms with Gasteiger partial charge in [-0.05, 0) is 31.4 Å². The number of nitrogens with zero attached hydrogens (tertiary/aromatic N) is 4. The van der Waals surface area contributed by atoms with Crippen molar-refractivity contribution < 1.29 is 4.84 Å². The third-order valence-corrected chi connectivity index (χ3v) is 4.11. The van der Waals surface area contributed by atoms with Crippen molar-refractivity contribution in [2.45, 2.75) is 27.2 Å². The average Bonchev–Trinajstić information content (AvgIpc) is 2.87. The van der Waals surface area contributed by atoms with Crippen LogP contribution in [0.2, 0.25) is 0 Å².